The van der Waals surface area contributed by atoms with Gasteiger partial charge in [-0.25, -0.2) is 18.5 Å². The number of primary sulfonamides is 1. The first-order chi connectivity index (χ1) is 15.8. The molecule has 0 unspecified atom stereocenters. The Kier molecular flexibility index (Phi) is 5.07. The van der Waals surface area contributed by atoms with E-state index in [1.54, 1.807) is 35.4 Å². The third-order valence-electron chi connectivity index (χ3n) is 5.65. The summed E-state index contributed by atoms with van der Waals surface area (Å²) in [4.78, 5) is 35.3. The number of nitrogens with one attached hydrogen (secondary N) is 1. The fraction of sp³-hybridized carbons (Fsp3) is 0.125. The summed E-state index contributed by atoms with van der Waals surface area (Å²) < 4.78 is 23.1. The molecule has 33 heavy (non-hydrogen) atoms. The van der Waals surface area contributed by atoms with Gasteiger partial charge < -0.3 is 9.88 Å². The Morgan fingerprint density at radius 3 is 2.48 bits per heavy atom. The minimum atomic E-state index is -3.78. The van der Waals surface area contributed by atoms with Crippen molar-refractivity contribution < 1.29 is 13.2 Å². The van der Waals surface area contributed by atoms with Gasteiger partial charge in [0.2, 0.25) is 15.5 Å². The van der Waals surface area contributed by atoms with E-state index in [4.69, 9.17) is 5.14 Å². The number of rotatable bonds is 5. The first-order valence-electron chi connectivity index (χ1n) is 10.4. The van der Waals surface area contributed by atoms with Crippen LogP contribution in [0.4, 0.5) is 5.69 Å². The fourth-order valence-electron chi connectivity index (χ4n) is 3.84. The lowest BCUT2D eigenvalue weighted by molar-refractivity contribution is 0.0984. The van der Waals surface area contributed by atoms with Crippen molar-refractivity contribution in [2.45, 2.75) is 23.8 Å². The maximum absolute atomic E-state index is 13.5. The number of aromatic nitrogens is 2. The molecule has 4 aromatic rings. The molecule has 0 atom stereocenters. The molecule has 5 rings (SSSR count). The number of aromatic amines is 1. The number of hydrogen-bond acceptors (Lipinski definition) is 5. The van der Waals surface area contributed by atoms with Gasteiger partial charge in [0.05, 0.1) is 10.3 Å². The Morgan fingerprint density at radius 2 is 1.79 bits per heavy atom. The molecular weight excluding hydrogens is 440 g/mol. The third-order valence-corrected chi connectivity index (χ3v) is 6.58. The molecule has 2 aromatic heterocycles. The Morgan fingerprint density at radius 1 is 1.03 bits per heavy atom. The average Bonchev–Trinajstić information content (AvgIpc) is 3.64. The van der Waals surface area contributed by atoms with Crippen LogP contribution < -0.4 is 15.5 Å². The minimum absolute atomic E-state index is 0.0153. The van der Waals surface area contributed by atoms with Crippen LogP contribution in [0.25, 0.3) is 22.2 Å². The molecular formula is C24H20N4O4S. The van der Waals surface area contributed by atoms with Crippen molar-refractivity contribution in [2.75, 3.05) is 4.90 Å². The molecule has 1 saturated carbocycles. The number of nitrogens with zero attached hydrogens (tertiary/aromatic N) is 2. The summed E-state index contributed by atoms with van der Waals surface area (Å²) in [6.07, 6.45) is 4.71. The maximum atomic E-state index is 13.5. The summed E-state index contributed by atoms with van der Waals surface area (Å²) >= 11 is 0. The Bertz CT molecular complexity index is 1540. The quantitative estimate of drug-likeness (QED) is 0.473. The van der Waals surface area contributed by atoms with Crippen LogP contribution in [0, 0.1) is 0 Å². The van der Waals surface area contributed by atoms with Crippen LogP contribution in [-0.2, 0) is 10.0 Å². The molecule has 1 amide bonds. The molecule has 9 heteroatoms. The van der Waals surface area contributed by atoms with Gasteiger partial charge in [0.25, 0.3) is 5.91 Å². The molecule has 1 aliphatic rings. The summed E-state index contributed by atoms with van der Waals surface area (Å²) in [5, 5.41) is 5.54. The highest BCUT2D eigenvalue weighted by Crippen LogP contribution is 2.35. The van der Waals surface area contributed by atoms with E-state index >= 15 is 0 Å². The topological polar surface area (TPSA) is 126 Å². The predicted octanol–water partition coefficient (Wildman–Crippen LogP) is 3.05. The van der Waals surface area contributed by atoms with Gasteiger partial charge >= 0.3 is 0 Å². The fourth-order valence-corrected chi connectivity index (χ4v) is 4.36. The number of H-pyrrole nitrogens is 1. The lowest BCUT2D eigenvalue weighted by Crippen LogP contribution is -2.36. The third kappa shape index (κ3) is 4.04. The standard InChI is InChI=1S/C24H20N4O4S/c25-33(31,32)19-10-6-15(7-11-19)16-3-1-4-18(13-16)28(17-8-9-17)24(30)21-14-27-23-20(22(21)29)5-2-12-26-23/h1-7,10-14,17H,8-9H2,(H2,25,31,32)(H,26,27,29). The average molecular weight is 461 g/mol. The van der Waals surface area contributed by atoms with Crippen LogP contribution in [0.3, 0.4) is 0 Å². The molecule has 1 aliphatic carbocycles. The van der Waals surface area contributed by atoms with Crippen molar-refractivity contribution in [3.63, 3.8) is 0 Å². The van der Waals surface area contributed by atoms with Gasteiger partial charge in [0.15, 0.2) is 0 Å². The zero-order chi connectivity index (χ0) is 23.2. The maximum Gasteiger partial charge on any atom is 0.264 e. The SMILES string of the molecule is NS(=O)(=O)c1ccc(-c2cccc(N(C(=O)c3c[nH]c4ncccc4c3=O)C3CC3)c2)cc1. The minimum Gasteiger partial charge on any atom is -0.345 e. The zero-order valence-electron chi connectivity index (χ0n) is 17.4. The largest absolute Gasteiger partial charge is 0.345 e. The van der Waals surface area contributed by atoms with Crippen molar-refractivity contribution in [1.82, 2.24) is 9.97 Å². The molecule has 166 valence electrons. The summed E-state index contributed by atoms with van der Waals surface area (Å²) in [5.41, 5.74) is 2.39. The second-order valence-electron chi connectivity index (χ2n) is 7.96. The number of anilines is 1. The van der Waals surface area contributed by atoms with Gasteiger partial charge in [-0.05, 0) is 60.4 Å². The highest BCUT2D eigenvalue weighted by Gasteiger charge is 2.35. The van der Waals surface area contributed by atoms with Crippen LogP contribution >= 0.6 is 0 Å². The van der Waals surface area contributed by atoms with E-state index in [0.29, 0.717) is 16.7 Å². The van der Waals surface area contributed by atoms with Crippen LogP contribution in [-0.4, -0.2) is 30.3 Å². The lowest BCUT2D eigenvalue weighted by Gasteiger charge is -2.23. The van der Waals surface area contributed by atoms with Crippen molar-refractivity contribution in [1.29, 1.82) is 0 Å². The smallest absolute Gasteiger partial charge is 0.264 e. The monoisotopic (exact) mass is 460 g/mol. The van der Waals surface area contributed by atoms with E-state index < -0.39 is 10.0 Å². The normalized spacial score (nSPS) is 13.7. The van der Waals surface area contributed by atoms with Crippen molar-refractivity contribution >= 4 is 32.7 Å². The molecule has 2 heterocycles. The van der Waals surface area contributed by atoms with E-state index in [-0.39, 0.29) is 27.8 Å². The van der Waals surface area contributed by atoms with E-state index in [9.17, 15) is 18.0 Å². The second kappa shape index (κ2) is 7.95. The molecule has 2 aromatic carbocycles. The number of fused-ring (bicyclic) bond motifs is 1. The zero-order valence-corrected chi connectivity index (χ0v) is 18.2. The molecule has 0 spiro atoms. The molecule has 0 saturated heterocycles. The molecule has 0 radical (unpaired) electrons. The summed E-state index contributed by atoms with van der Waals surface area (Å²) in [6.45, 7) is 0. The highest BCUT2D eigenvalue weighted by atomic mass is 32.2. The number of carbonyl (C=O) groups excluding carboxylic acids is 1. The van der Waals surface area contributed by atoms with Gasteiger partial charge in [-0.2, -0.15) is 0 Å². The van der Waals surface area contributed by atoms with Crippen LogP contribution in [0.15, 0.2) is 82.7 Å². The number of sulfonamides is 1. The number of amides is 1. The van der Waals surface area contributed by atoms with Gasteiger partial charge in [0, 0.05) is 24.1 Å². The van der Waals surface area contributed by atoms with Crippen LogP contribution in [0.1, 0.15) is 23.2 Å². The Hall–Kier alpha value is -3.82. The van der Waals surface area contributed by atoms with Gasteiger partial charge in [-0.3, -0.25) is 9.59 Å². The van der Waals surface area contributed by atoms with Gasteiger partial charge in [-0.1, -0.05) is 24.3 Å². The number of pyridine rings is 2. The summed E-state index contributed by atoms with van der Waals surface area (Å²) in [7, 11) is -3.78. The Labute approximate surface area is 189 Å². The van der Waals surface area contributed by atoms with E-state index in [0.717, 1.165) is 24.0 Å². The van der Waals surface area contributed by atoms with Crippen molar-refractivity contribution in [3.8, 4) is 11.1 Å². The second-order valence-corrected chi connectivity index (χ2v) is 9.52. The Balaban J connectivity index is 1.53. The number of nitrogens with two attached hydrogens (primary N) is 1. The number of carbonyl (C=O) groups is 1. The highest BCUT2D eigenvalue weighted by molar-refractivity contribution is 7.89. The first kappa shape index (κ1) is 21.0. The van der Waals surface area contributed by atoms with Crippen LogP contribution in [0.5, 0.6) is 0 Å². The molecule has 0 bridgehead atoms. The summed E-state index contributed by atoms with van der Waals surface area (Å²) in [6, 6.07) is 16.9. The number of benzene rings is 2. The lowest BCUT2D eigenvalue weighted by atomic mass is 10.0. The van der Waals surface area contributed by atoms with Gasteiger partial charge in [-0.15, -0.1) is 0 Å². The summed E-state index contributed by atoms with van der Waals surface area (Å²) in [5.74, 6) is -0.369. The molecule has 1 fully saturated rings. The van der Waals surface area contributed by atoms with Gasteiger partial charge in [0.1, 0.15) is 11.2 Å². The van der Waals surface area contributed by atoms with Crippen molar-refractivity contribution in [3.05, 3.63) is 88.8 Å². The van der Waals surface area contributed by atoms with Crippen molar-refractivity contribution in [2.24, 2.45) is 5.14 Å². The van der Waals surface area contributed by atoms with E-state index in [2.05, 4.69) is 9.97 Å². The van der Waals surface area contributed by atoms with Crippen LogP contribution in [0.2, 0.25) is 0 Å². The predicted molar refractivity (Wildman–Crippen MR) is 125 cm³/mol. The van der Waals surface area contributed by atoms with E-state index in [1.165, 1.54) is 18.3 Å². The molecule has 0 aliphatic heterocycles. The molecule has 3 N–H and O–H groups in total. The number of hydrogen-bond donors (Lipinski definition) is 2. The van der Waals surface area contributed by atoms with E-state index in [1.807, 2.05) is 24.3 Å². The molecule has 8 nitrogen and oxygen atoms in total. The first-order valence-corrected chi connectivity index (χ1v) is 11.9.